The van der Waals surface area contributed by atoms with Crippen LogP contribution in [0.2, 0.25) is 5.02 Å². The van der Waals surface area contributed by atoms with Crippen LogP contribution in [0.25, 0.3) is 10.2 Å². The van der Waals surface area contributed by atoms with Crippen molar-refractivity contribution < 1.29 is 4.79 Å². The Morgan fingerprint density at radius 2 is 2.14 bits per heavy atom. The largest absolute Gasteiger partial charge is 0.325 e. The van der Waals surface area contributed by atoms with Crippen molar-refractivity contribution in [3.63, 3.8) is 0 Å². The average Bonchev–Trinajstić information content (AvgIpc) is 3.08. The van der Waals surface area contributed by atoms with E-state index in [9.17, 15) is 9.59 Å². The molecular formula is C21H22ClN3O2S2. The number of nitrogens with one attached hydrogen (secondary N) is 1. The maximum absolute atomic E-state index is 13.1. The Morgan fingerprint density at radius 1 is 1.34 bits per heavy atom. The van der Waals surface area contributed by atoms with Crippen molar-refractivity contribution >= 4 is 56.5 Å². The van der Waals surface area contributed by atoms with Gasteiger partial charge in [-0.05, 0) is 62.8 Å². The molecule has 2 heterocycles. The molecule has 2 aromatic heterocycles. The Balaban J connectivity index is 1.58. The van der Waals surface area contributed by atoms with E-state index in [2.05, 4.69) is 5.32 Å². The minimum absolute atomic E-state index is 0.0190. The van der Waals surface area contributed by atoms with Crippen molar-refractivity contribution in [1.29, 1.82) is 0 Å². The molecule has 0 spiro atoms. The number of thiophene rings is 1. The zero-order valence-corrected chi connectivity index (χ0v) is 18.8. The van der Waals surface area contributed by atoms with E-state index >= 15 is 0 Å². The standard InChI is InChI=1S/C21H22ClN3O2S2/c1-3-25-20(27)18-14-6-4-5-7-16(14)29-19(18)24-21(25)28-11-17(26)23-15-10-13(22)9-8-12(15)2/h8-10H,3-7,11H2,1-2H3,(H,23,26). The topological polar surface area (TPSA) is 64.0 Å². The van der Waals surface area contributed by atoms with Crippen molar-refractivity contribution in [2.75, 3.05) is 11.1 Å². The second-order valence-electron chi connectivity index (χ2n) is 7.13. The number of anilines is 1. The van der Waals surface area contributed by atoms with Crippen LogP contribution in [0.4, 0.5) is 5.69 Å². The maximum Gasteiger partial charge on any atom is 0.263 e. The monoisotopic (exact) mass is 447 g/mol. The summed E-state index contributed by atoms with van der Waals surface area (Å²) in [7, 11) is 0. The highest BCUT2D eigenvalue weighted by Crippen LogP contribution is 2.34. The first-order valence-electron chi connectivity index (χ1n) is 9.71. The van der Waals surface area contributed by atoms with Gasteiger partial charge in [-0.2, -0.15) is 0 Å². The van der Waals surface area contributed by atoms with Gasteiger partial charge in [0.2, 0.25) is 5.91 Å². The van der Waals surface area contributed by atoms with Crippen molar-refractivity contribution in [2.24, 2.45) is 0 Å². The number of aromatic nitrogens is 2. The van der Waals surface area contributed by atoms with Gasteiger partial charge in [-0.3, -0.25) is 14.2 Å². The number of hydrogen-bond donors (Lipinski definition) is 1. The van der Waals surface area contributed by atoms with Gasteiger partial charge in [0.1, 0.15) is 4.83 Å². The molecule has 1 aliphatic rings. The highest BCUT2D eigenvalue weighted by Gasteiger charge is 2.22. The normalized spacial score (nSPS) is 13.5. The number of fused-ring (bicyclic) bond motifs is 3. The molecule has 1 N–H and O–H groups in total. The van der Waals surface area contributed by atoms with Gasteiger partial charge < -0.3 is 5.32 Å². The Labute approximate surface area is 182 Å². The molecule has 29 heavy (non-hydrogen) atoms. The molecule has 0 atom stereocenters. The Morgan fingerprint density at radius 3 is 2.93 bits per heavy atom. The number of thioether (sulfide) groups is 1. The highest BCUT2D eigenvalue weighted by molar-refractivity contribution is 7.99. The first-order chi connectivity index (χ1) is 14.0. The fourth-order valence-corrected chi connectivity index (χ4v) is 5.99. The van der Waals surface area contributed by atoms with Gasteiger partial charge in [0.05, 0.1) is 11.1 Å². The van der Waals surface area contributed by atoms with Crippen LogP contribution >= 0.6 is 34.7 Å². The lowest BCUT2D eigenvalue weighted by Gasteiger charge is -2.12. The molecule has 1 aliphatic carbocycles. The van der Waals surface area contributed by atoms with Crippen LogP contribution in [0.15, 0.2) is 28.2 Å². The van der Waals surface area contributed by atoms with E-state index in [1.807, 2.05) is 19.9 Å². The van der Waals surface area contributed by atoms with Crippen LogP contribution in [0.1, 0.15) is 35.8 Å². The van der Waals surface area contributed by atoms with Crippen LogP contribution < -0.4 is 10.9 Å². The van der Waals surface area contributed by atoms with Crippen LogP contribution in [0.3, 0.4) is 0 Å². The molecule has 0 aliphatic heterocycles. The predicted octanol–water partition coefficient (Wildman–Crippen LogP) is 5.05. The van der Waals surface area contributed by atoms with E-state index < -0.39 is 0 Å². The lowest BCUT2D eigenvalue weighted by atomic mass is 9.97. The summed E-state index contributed by atoms with van der Waals surface area (Å²) in [6.45, 7) is 4.39. The smallest absolute Gasteiger partial charge is 0.263 e. The minimum Gasteiger partial charge on any atom is -0.325 e. The van der Waals surface area contributed by atoms with Crippen molar-refractivity contribution in [2.45, 2.75) is 51.2 Å². The summed E-state index contributed by atoms with van der Waals surface area (Å²) >= 11 is 8.96. The quantitative estimate of drug-likeness (QED) is 0.439. The molecule has 0 unspecified atom stereocenters. The molecule has 0 radical (unpaired) electrons. The molecule has 0 saturated carbocycles. The molecule has 0 saturated heterocycles. The van der Waals surface area contributed by atoms with Gasteiger partial charge in [-0.15, -0.1) is 11.3 Å². The first kappa shape index (κ1) is 20.4. The summed E-state index contributed by atoms with van der Waals surface area (Å²) in [6, 6.07) is 5.40. The molecule has 1 amide bonds. The fraction of sp³-hybridized carbons (Fsp3) is 0.381. The molecule has 0 bridgehead atoms. The van der Waals surface area contributed by atoms with Crippen molar-refractivity contribution in [3.05, 3.63) is 49.6 Å². The van der Waals surface area contributed by atoms with Gasteiger partial charge >= 0.3 is 0 Å². The number of carbonyl (C=O) groups excluding carboxylic acids is 1. The average molecular weight is 448 g/mol. The third-order valence-electron chi connectivity index (χ3n) is 5.16. The van der Waals surface area contributed by atoms with E-state index in [0.717, 1.165) is 35.0 Å². The third-order valence-corrected chi connectivity index (χ3v) is 7.56. The van der Waals surface area contributed by atoms with Gasteiger partial charge in [0.15, 0.2) is 5.16 Å². The Kier molecular flexibility index (Phi) is 5.99. The van der Waals surface area contributed by atoms with Crippen molar-refractivity contribution in [3.8, 4) is 0 Å². The minimum atomic E-state index is -0.150. The number of hydrogen-bond acceptors (Lipinski definition) is 5. The van der Waals surface area contributed by atoms with Gasteiger partial charge in [-0.1, -0.05) is 29.4 Å². The van der Waals surface area contributed by atoms with Crippen LogP contribution in [0.5, 0.6) is 0 Å². The molecule has 5 nitrogen and oxygen atoms in total. The molecule has 0 fully saturated rings. The lowest BCUT2D eigenvalue weighted by Crippen LogP contribution is -2.24. The Bertz CT molecular complexity index is 1150. The lowest BCUT2D eigenvalue weighted by molar-refractivity contribution is -0.113. The van der Waals surface area contributed by atoms with E-state index in [-0.39, 0.29) is 17.2 Å². The van der Waals surface area contributed by atoms with Crippen molar-refractivity contribution in [1.82, 2.24) is 9.55 Å². The van der Waals surface area contributed by atoms with E-state index in [4.69, 9.17) is 16.6 Å². The van der Waals surface area contributed by atoms with E-state index in [1.165, 1.54) is 28.6 Å². The summed E-state index contributed by atoms with van der Waals surface area (Å²) in [5.41, 5.74) is 2.86. The van der Waals surface area contributed by atoms with Gasteiger partial charge in [0.25, 0.3) is 5.56 Å². The number of halogens is 1. The first-order valence-corrected chi connectivity index (χ1v) is 11.9. The van der Waals surface area contributed by atoms with Gasteiger partial charge in [-0.25, -0.2) is 4.98 Å². The van der Waals surface area contributed by atoms with Crippen LogP contribution in [0, 0.1) is 6.92 Å². The third kappa shape index (κ3) is 4.09. The summed E-state index contributed by atoms with van der Waals surface area (Å²) in [6.07, 6.45) is 4.30. The second-order valence-corrected chi connectivity index (χ2v) is 9.59. The fourth-order valence-electron chi connectivity index (χ4n) is 3.65. The number of rotatable bonds is 5. The SMILES string of the molecule is CCn1c(SCC(=O)Nc2cc(Cl)ccc2C)nc2sc3c(c2c1=O)CCCC3. The van der Waals surface area contributed by atoms with Crippen LogP contribution in [-0.4, -0.2) is 21.2 Å². The maximum atomic E-state index is 13.1. The van der Waals surface area contributed by atoms with E-state index in [0.29, 0.717) is 22.4 Å². The molecule has 4 rings (SSSR count). The zero-order valence-electron chi connectivity index (χ0n) is 16.4. The Hall–Kier alpha value is -1.83. The molecule has 1 aromatic carbocycles. The number of aryl methyl sites for hydroxylation is 3. The molecule has 152 valence electrons. The second kappa shape index (κ2) is 8.50. The zero-order chi connectivity index (χ0) is 20.5. The molecular weight excluding hydrogens is 426 g/mol. The predicted molar refractivity (Wildman–Crippen MR) is 122 cm³/mol. The molecule has 3 aromatic rings. The number of benzene rings is 1. The number of amides is 1. The van der Waals surface area contributed by atoms with E-state index in [1.54, 1.807) is 28.0 Å². The van der Waals surface area contributed by atoms with Crippen LogP contribution in [-0.2, 0) is 24.2 Å². The summed E-state index contributed by atoms with van der Waals surface area (Å²) in [4.78, 5) is 32.5. The summed E-state index contributed by atoms with van der Waals surface area (Å²) in [5.74, 6) is 0.0254. The summed E-state index contributed by atoms with van der Waals surface area (Å²) in [5, 5.41) is 4.86. The number of carbonyl (C=O) groups is 1. The van der Waals surface area contributed by atoms with Gasteiger partial charge in [0, 0.05) is 22.1 Å². The number of nitrogens with zero attached hydrogens (tertiary/aromatic N) is 2. The molecule has 8 heteroatoms. The summed E-state index contributed by atoms with van der Waals surface area (Å²) < 4.78 is 1.69. The highest BCUT2D eigenvalue weighted by atomic mass is 35.5.